The number of allylic oxidation sites excluding steroid dienone is 1. The highest BCUT2D eigenvalue weighted by Gasteiger charge is 2.24. The Morgan fingerprint density at radius 3 is 2.86 bits per heavy atom. The van der Waals surface area contributed by atoms with Crippen LogP contribution in [0.5, 0.6) is 0 Å². The Kier molecular flexibility index (Phi) is 3.23. The molecule has 1 heterocycles. The summed E-state index contributed by atoms with van der Waals surface area (Å²) in [6.45, 7) is 0.946. The quantitative estimate of drug-likeness (QED) is 0.945. The second-order valence-electron chi connectivity index (χ2n) is 6.17. The van der Waals surface area contributed by atoms with Gasteiger partial charge in [0.2, 0.25) is 0 Å². The van der Waals surface area contributed by atoms with Crippen molar-refractivity contribution in [3.05, 3.63) is 28.8 Å². The van der Waals surface area contributed by atoms with Gasteiger partial charge in [0.25, 0.3) is 0 Å². The number of aliphatic hydroxyl groups is 1. The van der Waals surface area contributed by atoms with E-state index in [0.717, 1.165) is 41.9 Å². The molecular formula is C16H18ClN3O. The Hall–Kier alpha value is -1.39. The predicted molar refractivity (Wildman–Crippen MR) is 83.1 cm³/mol. The first-order valence-corrected chi connectivity index (χ1v) is 7.99. The van der Waals surface area contributed by atoms with Crippen LogP contribution in [-0.2, 0) is 6.54 Å². The molecule has 1 fully saturated rings. The van der Waals surface area contributed by atoms with Crippen LogP contribution in [0.2, 0.25) is 5.02 Å². The third-order valence-corrected chi connectivity index (χ3v) is 4.87. The van der Waals surface area contributed by atoms with Crippen molar-refractivity contribution in [3.8, 4) is 0 Å². The maximum atomic E-state index is 9.60. The molecule has 110 valence electrons. The summed E-state index contributed by atoms with van der Waals surface area (Å²) in [5, 5.41) is 18.8. The molecule has 2 aliphatic carbocycles. The number of hydrogen-bond donors (Lipinski definition) is 1. The van der Waals surface area contributed by atoms with E-state index in [1.54, 1.807) is 0 Å². The van der Waals surface area contributed by atoms with Gasteiger partial charge in [0.05, 0.1) is 16.6 Å². The first-order valence-electron chi connectivity index (χ1n) is 7.61. The molecule has 1 aromatic carbocycles. The van der Waals surface area contributed by atoms with Gasteiger partial charge in [-0.1, -0.05) is 29.0 Å². The lowest BCUT2D eigenvalue weighted by atomic mass is 9.92. The molecule has 5 heteroatoms. The van der Waals surface area contributed by atoms with Crippen molar-refractivity contribution in [2.45, 2.75) is 44.8 Å². The molecule has 1 aromatic heterocycles. The summed E-state index contributed by atoms with van der Waals surface area (Å²) < 4.78 is 1.97. The molecule has 21 heavy (non-hydrogen) atoms. The van der Waals surface area contributed by atoms with Gasteiger partial charge in [0.1, 0.15) is 5.52 Å². The van der Waals surface area contributed by atoms with E-state index in [-0.39, 0.29) is 6.10 Å². The molecule has 0 spiro atoms. The molecule has 1 saturated carbocycles. The normalized spacial score (nSPS) is 22.6. The Morgan fingerprint density at radius 2 is 2.14 bits per heavy atom. The standard InChI is InChI=1S/C16H18ClN3O/c17-15-13(11-3-5-12(21)6-4-11)7-8-14-16(15)18-19-20(14)9-10-1-2-10/h3,7-8,10,12,21H,1-2,4-6,9H2. The van der Waals surface area contributed by atoms with Crippen molar-refractivity contribution >= 4 is 28.2 Å². The van der Waals surface area contributed by atoms with Crippen LogP contribution in [0.3, 0.4) is 0 Å². The van der Waals surface area contributed by atoms with Gasteiger partial charge in [-0.25, -0.2) is 4.68 Å². The number of halogens is 1. The zero-order valence-electron chi connectivity index (χ0n) is 11.8. The Labute approximate surface area is 128 Å². The van der Waals surface area contributed by atoms with Gasteiger partial charge in [-0.3, -0.25) is 0 Å². The Balaban J connectivity index is 1.73. The SMILES string of the molecule is OC1CC=C(c2ccc3c(nnn3CC3CC3)c2Cl)CC1. The zero-order chi connectivity index (χ0) is 14.4. The summed E-state index contributed by atoms with van der Waals surface area (Å²) in [6, 6.07) is 4.14. The number of nitrogens with zero attached hydrogens (tertiary/aromatic N) is 3. The minimum atomic E-state index is -0.212. The van der Waals surface area contributed by atoms with E-state index in [4.69, 9.17) is 11.6 Å². The lowest BCUT2D eigenvalue weighted by Crippen LogP contribution is -2.09. The minimum absolute atomic E-state index is 0.212. The summed E-state index contributed by atoms with van der Waals surface area (Å²) in [4.78, 5) is 0. The summed E-state index contributed by atoms with van der Waals surface area (Å²) in [7, 11) is 0. The fraction of sp³-hybridized carbons (Fsp3) is 0.500. The second-order valence-corrected chi connectivity index (χ2v) is 6.55. The lowest BCUT2D eigenvalue weighted by Gasteiger charge is -2.18. The summed E-state index contributed by atoms with van der Waals surface area (Å²) in [5.74, 6) is 0.760. The third kappa shape index (κ3) is 2.47. The van der Waals surface area contributed by atoms with Crippen molar-refractivity contribution in [1.82, 2.24) is 15.0 Å². The Morgan fingerprint density at radius 1 is 1.29 bits per heavy atom. The highest BCUT2D eigenvalue weighted by Crippen LogP contribution is 2.36. The molecule has 0 radical (unpaired) electrons. The topological polar surface area (TPSA) is 50.9 Å². The molecular weight excluding hydrogens is 286 g/mol. The van der Waals surface area contributed by atoms with E-state index in [2.05, 4.69) is 28.5 Å². The number of fused-ring (bicyclic) bond motifs is 1. The molecule has 2 aliphatic rings. The van der Waals surface area contributed by atoms with E-state index in [0.29, 0.717) is 11.4 Å². The first-order chi connectivity index (χ1) is 10.2. The van der Waals surface area contributed by atoms with Crippen LogP contribution in [0.25, 0.3) is 16.6 Å². The summed E-state index contributed by atoms with van der Waals surface area (Å²) >= 11 is 6.56. The average Bonchev–Trinajstić information content (AvgIpc) is 3.20. The molecule has 2 aromatic rings. The summed E-state index contributed by atoms with van der Waals surface area (Å²) in [6.07, 6.45) is 6.84. The lowest BCUT2D eigenvalue weighted by molar-refractivity contribution is 0.166. The smallest absolute Gasteiger partial charge is 0.132 e. The van der Waals surface area contributed by atoms with Gasteiger partial charge in [0, 0.05) is 6.54 Å². The van der Waals surface area contributed by atoms with Crippen LogP contribution in [0, 0.1) is 5.92 Å². The number of aromatic nitrogens is 3. The van der Waals surface area contributed by atoms with Gasteiger partial charge in [-0.05, 0) is 55.2 Å². The number of aliphatic hydroxyl groups excluding tert-OH is 1. The van der Waals surface area contributed by atoms with Crippen LogP contribution in [0.4, 0.5) is 0 Å². The van der Waals surface area contributed by atoms with E-state index in [1.165, 1.54) is 18.4 Å². The number of rotatable bonds is 3. The van der Waals surface area contributed by atoms with Crippen LogP contribution in [0.15, 0.2) is 18.2 Å². The highest BCUT2D eigenvalue weighted by molar-refractivity contribution is 6.36. The van der Waals surface area contributed by atoms with Crippen LogP contribution >= 0.6 is 11.6 Å². The molecule has 0 aliphatic heterocycles. The van der Waals surface area contributed by atoms with Gasteiger partial charge < -0.3 is 5.11 Å². The highest BCUT2D eigenvalue weighted by atomic mass is 35.5. The third-order valence-electron chi connectivity index (χ3n) is 4.48. The maximum absolute atomic E-state index is 9.60. The van der Waals surface area contributed by atoms with Crippen molar-refractivity contribution < 1.29 is 5.11 Å². The maximum Gasteiger partial charge on any atom is 0.132 e. The van der Waals surface area contributed by atoms with E-state index in [9.17, 15) is 5.11 Å². The van der Waals surface area contributed by atoms with Gasteiger partial charge in [-0.2, -0.15) is 0 Å². The fourth-order valence-electron chi connectivity index (χ4n) is 3.00. The Bertz CT molecular complexity index is 718. The van der Waals surface area contributed by atoms with Crippen LogP contribution < -0.4 is 0 Å². The van der Waals surface area contributed by atoms with Gasteiger partial charge in [-0.15, -0.1) is 5.10 Å². The number of benzene rings is 1. The van der Waals surface area contributed by atoms with Crippen molar-refractivity contribution in [3.63, 3.8) is 0 Å². The molecule has 1 unspecified atom stereocenters. The number of hydrogen-bond acceptors (Lipinski definition) is 3. The van der Waals surface area contributed by atoms with Crippen LogP contribution in [0.1, 0.15) is 37.7 Å². The van der Waals surface area contributed by atoms with E-state index >= 15 is 0 Å². The van der Waals surface area contributed by atoms with E-state index < -0.39 is 0 Å². The van der Waals surface area contributed by atoms with Crippen molar-refractivity contribution in [1.29, 1.82) is 0 Å². The monoisotopic (exact) mass is 303 g/mol. The molecule has 0 saturated heterocycles. The van der Waals surface area contributed by atoms with Gasteiger partial charge >= 0.3 is 0 Å². The van der Waals surface area contributed by atoms with E-state index in [1.807, 2.05) is 4.68 Å². The molecule has 1 atom stereocenters. The largest absolute Gasteiger partial charge is 0.393 e. The van der Waals surface area contributed by atoms with Crippen molar-refractivity contribution in [2.75, 3.05) is 0 Å². The zero-order valence-corrected chi connectivity index (χ0v) is 12.6. The average molecular weight is 304 g/mol. The molecule has 0 bridgehead atoms. The molecule has 4 rings (SSSR count). The molecule has 0 amide bonds. The molecule has 4 nitrogen and oxygen atoms in total. The van der Waals surface area contributed by atoms with Gasteiger partial charge in [0.15, 0.2) is 0 Å². The van der Waals surface area contributed by atoms with Crippen LogP contribution in [-0.4, -0.2) is 26.2 Å². The summed E-state index contributed by atoms with van der Waals surface area (Å²) in [5.41, 5.74) is 4.06. The van der Waals surface area contributed by atoms with Crippen molar-refractivity contribution in [2.24, 2.45) is 5.92 Å². The minimum Gasteiger partial charge on any atom is -0.393 e. The molecule has 1 N–H and O–H groups in total. The predicted octanol–water partition coefficient (Wildman–Crippen LogP) is 3.42. The fourth-order valence-corrected chi connectivity index (χ4v) is 3.32. The first kappa shape index (κ1) is 13.3. The second kappa shape index (κ2) is 5.11.